The summed E-state index contributed by atoms with van der Waals surface area (Å²) in [6.07, 6.45) is 0.930. The van der Waals surface area contributed by atoms with Gasteiger partial charge in [-0.05, 0) is 36.6 Å². The zero-order chi connectivity index (χ0) is 19.7. The van der Waals surface area contributed by atoms with Gasteiger partial charge in [-0.2, -0.15) is 9.50 Å². The van der Waals surface area contributed by atoms with Gasteiger partial charge in [-0.25, -0.2) is 4.98 Å². The molecule has 6 nitrogen and oxygen atoms in total. The monoisotopic (exact) mass is 393 g/mol. The van der Waals surface area contributed by atoms with Gasteiger partial charge in [0.25, 0.3) is 11.3 Å². The SMILES string of the molecule is CCc1cccc(C)c1NCc1cc(=O)n2[nH]c(-c3ccccc3Cl)nc2n1. The van der Waals surface area contributed by atoms with E-state index in [0.717, 1.165) is 23.2 Å². The van der Waals surface area contributed by atoms with Gasteiger partial charge in [-0.1, -0.05) is 48.9 Å². The number of benzene rings is 2. The summed E-state index contributed by atoms with van der Waals surface area (Å²) in [6, 6.07) is 15.1. The van der Waals surface area contributed by atoms with E-state index in [1.54, 1.807) is 6.07 Å². The fourth-order valence-corrected chi connectivity index (χ4v) is 3.47. The van der Waals surface area contributed by atoms with E-state index in [9.17, 15) is 4.79 Å². The van der Waals surface area contributed by atoms with Crippen LogP contribution in [-0.4, -0.2) is 19.6 Å². The minimum Gasteiger partial charge on any atom is -0.379 e. The number of hydrogen-bond acceptors (Lipinski definition) is 4. The summed E-state index contributed by atoms with van der Waals surface area (Å²) in [5, 5.41) is 6.95. The van der Waals surface area contributed by atoms with Crippen LogP contribution in [0.4, 0.5) is 5.69 Å². The minimum absolute atomic E-state index is 0.215. The Morgan fingerprint density at radius 2 is 1.96 bits per heavy atom. The number of aromatic nitrogens is 4. The molecule has 4 rings (SSSR count). The van der Waals surface area contributed by atoms with Crippen molar-refractivity contribution in [1.29, 1.82) is 0 Å². The van der Waals surface area contributed by atoms with Crippen molar-refractivity contribution in [3.05, 3.63) is 80.7 Å². The standard InChI is InChI=1S/C21H20ClN5O/c1-3-14-8-6-7-13(2)19(14)23-12-15-11-18(28)27-21(24-15)25-20(26-27)16-9-4-5-10-17(16)22/h4-11,23H,3,12H2,1-2H3,(H,24,25,26). The van der Waals surface area contributed by atoms with Crippen LogP contribution in [0.1, 0.15) is 23.7 Å². The van der Waals surface area contributed by atoms with Crippen LogP contribution >= 0.6 is 11.6 Å². The number of nitrogens with zero attached hydrogens (tertiary/aromatic N) is 3. The molecule has 0 fully saturated rings. The highest BCUT2D eigenvalue weighted by Crippen LogP contribution is 2.25. The first-order chi connectivity index (χ1) is 13.6. The smallest absolute Gasteiger partial charge is 0.274 e. The van der Waals surface area contributed by atoms with E-state index in [1.165, 1.54) is 16.1 Å². The molecule has 0 spiro atoms. The first-order valence-electron chi connectivity index (χ1n) is 9.12. The average Bonchev–Trinajstić information content (AvgIpc) is 3.11. The van der Waals surface area contributed by atoms with Crippen molar-refractivity contribution in [2.45, 2.75) is 26.8 Å². The van der Waals surface area contributed by atoms with Gasteiger partial charge in [0.15, 0.2) is 5.82 Å². The van der Waals surface area contributed by atoms with Crippen LogP contribution in [0.2, 0.25) is 5.02 Å². The molecule has 0 unspecified atom stereocenters. The largest absolute Gasteiger partial charge is 0.379 e. The van der Waals surface area contributed by atoms with Gasteiger partial charge in [0.2, 0.25) is 0 Å². The molecule has 0 atom stereocenters. The Balaban J connectivity index is 1.67. The summed E-state index contributed by atoms with van der Waals surface area (Å²) in [7, 11) is 0. The maximum atomic E-state index is 12.5. The van der Waals surface area contributed by atoms with Gasteiger partial charge < -0.3 is 5.32 Å². The third-order valence-corrected chi connectivity index (χ3v) is 5.03. The molecule has 2 aromatic heterocycles. The number of para-hydroxylation sites is 1. The molecular weight excluding hydrogens is 374 g/mol. The Bertz CT molecular complexity index is 1210. The second-order valence-electron chi connectivity index (χ2n) is 6.59. The molecule has 0 aliphatic heterocycles. The van der Waals surface area contributed by atoms with Crippen LogP contribution in [0.3, 0.4) is 0 Å². The Hall–Kier alpha value is -3.12. The van der Waals surface area contributed by atoms with Crippen molar-refractivity contribution in [2.24, 2.45) is 0 Å². The minimum atomic E-state index is -0.215. The third kappa shape index (κ3) is 3.39. The number of aromatic amines is 1. The first-order valence-corrected chi connectivity index (χ1v) is 9.50. The van der Waals surface area contributed by atoms with Crippen molar-refractivity contribution >= 4 is 23.1 Å². The van der Waals surface area contributed by atoms with Crippen LogP contribution in [0.5, 0.6) is 0 Å². The number of halogens is 1. The summed E-state index contributed by atoms with van der Waals surface area (Å²) >= 11 is 6.24. The summed E-state index contributed by atoms with van der Waals surface area (Å²) in [4.78, 5) is 21.5. The highest BCUT2D eigenvalue weighted by molar-refractivity contribution is 6.33. The Kier molecular flexibility index (Phi) is 4.88. The number of rotatable bonds is 5. The van der Waals surface area contributed by atoms with Crippen LogP contribution in [0.25, 0.3) is 17.2 Å². The second kappa shape index (κ2) is 7.48. The molecule has 2 heterocycles. The van der Waals surface area contributed by atoms with Gasteiger partial charge >= 0.3 is 0 Å². The van der Waals surface area contributed by atoms with E-state index in [2.05, 4.69) is 52.4 Å². The quantitative estimate of drug-likeness (QED) is 0.532. The molecule has 0 amide bonds. The van der Waals surface area contributed by atoms with Gasteiger partial charge in [0.1, 0.15) is 0 Å². The van der Waals surface area contributed by atoms with E-state index in [1.807, 2.05) is 18.2 Å². The highest BCUT2D eigenvalue weighted by atomic mass is 35.5. The van der Waals surface area contributed by atoms with Gasteiger partial charge in [-0.15, -0.1) is 0 Å². The molecule has 142 valence electrons. The maximum Gasteiger partial charge on any atom is 0.274 e. The summed E-state index contributed by atoms with van der Waals surface area (Å²) in [6.45, 7) is 4.63. The van der Waals surface area contributed by atoms with Crippen LogP contribution in [0, 0.1) is 6.92 Å². The zero-order valence-electron chi connectivity index (χ0n) is 15.7. The van der Waals surface area contributed by atoms with Crippen LogP contribution in [0.15, 0.2) is 53.3 Å². The molecule has 0 saturated carbocycles. The lowest BCUT2D eigenvalue weighted by Crippen LogP contribution is -2.17. The van der Waals surface area contributed by atoms with Crippen molar-refractivity contribution in [3.63, 3.8) is 0 Å². The lowest BCUT2D eigenvalue weighted by atomic mass is 10.1. The first kappa shape index (κ1) is 18.3. The third-order valence-electron chi connectivity index (χ3n) is 4.70. The van der Waals surface area contributed by atoms with Crippen LogP contribution in [-0.2, 0) is 13.0 Å². The number of anilines is 1. The van der Waals surface area contributed by atoms with Crippen molar-refractivity contribution in [2.75, 3.05) is 5.32 Å². The van der Waals surface area contributed by atoms with E-state index >= 15 is 0 Å². The molecule has 7 heteroatoms. The number of fused-ring (bicyclic) bond motifs is 1. The summed E-state index contributed by atoms with van der Waals surface area (Å²) < 4.78 is 1.33. The molecule has 0 aliphatic carbocycles. The van der Waals surface area contributed by atoms with E-state index in [-0.39, 0.29) is 5.56 Å². The predicted octanol–water partition coefficient (Wildman–Crippen LogP) is 4.22. The average molecular weight is 394 g/mol. The van der Waals surface area contributed by atoms with Crippen molar-refractivity contribution in [3.8, 4) is 11.4 Å². The number of nitrogens with one attached hydrogen (secondary N) is 2. The lowest BCUT2D eigenvalue weighted by molar-refractivity contribution is 0.878. The molecular formula is C21H20ClN5O. The molecule has 4 aromatic rings. The van der Waals surface area contributed by atoms with Gasteiger partial charge in [-0.3, -0.25) is 9.89 Å². The van der Waals surface area contributed by atoms with Crippen LogP contribution < -0.4 is 10.9 Å². The number of hydrogen-bond donors (Lipinski definition) is 2. The molecule has 0 aliphatic rings. The number of H-pyrrole nitrogens is 1. The molecule has 2 aromatic carbocycles. The highest BCUT2D eigenvalue weighted by Gasteiger charge is 2.12. The normalized spacial score (nSPS) is 11.1. The Morgan fingerprint density at radius 3 is 2.75 bits per heavy atom. The van der Waals surface area contributed by atoms with E-state index in [0.29, 0.717) is 28.9 Å². The molecule has 0 saturated heterocycles. The molecule has 28 heavy (non-hydrogen) atoms. The fraction of sp³-hybridized carbons (Fsp3) is 0.190. The van der Waals surface area contributed by atoms with Gasteiger partial charge in [0.05, 0.1) is 17.3 Å². The Morgan fingerprint density at radius 1 is 1.14 bits per heavy atom. The van der Waals surface area contributed by atoms with Crippen molar-refractivity contribution < 1.29 is 0 Å². The lowest BCUT2D eigenvalue weighted by Gasteiger charge is -2.13. The van der Waals surface area contributed by atoms with E-state index < -0.39 is 0 Å². The summed E-state index contributed by atoms with van der Waals surface area (Å²) in [5.74, 6) is 0.826. The van der Waals surface area contributed by atoms with E-state index in [4.69, 9.17) is 11.6 Å². The number of aryl methyl sites for hydroxylation is 2. The second-order valence-corrected chi connectivity index (χ2v) is 7.00. The topological polar surface area (TPSA) is 75.1 Å². The molecule has 0 bridgehead atoms. The van der Waals surface area contributed by atoms with Crippen molar-refractivity contribution in [1.82, 2.24) is 19.6 Å². The molecule has 0 radical (unpaired) electrons. The molecule has 2 N–H and O–H groups in total. The fourth-order valence-electron chi connectivity index (χ4n) is 3.25. The predicted molar refractivity (Wildman–Crippen MR) is 112 cm³/mol. The van der Waals surface area contributed by atoms with Gasteiger partial charge in [0, 0.05) is 17.3 Å². The zero-order valence-corrected chi connectivity index (χ0v) is 16.4. The Labute approximate surface area is 167 Å². The maximum absolute atomic E-state index is 12.5. The summed E-state index contributed by atoms with van der Waals surface area (Å²) in [5.41, 5.74) is 4.63.